The van der Waals surface area contributed by atoms with Gasteiger partial charge in [0.25, 0.3) is 37.1 Å². The quantitative estimate of drug-likeness (QED) is 0.180. The summed E-state index contributed by atoms with van der Waals surface area (Å²) < 4.78 is 58.3. The second-order valence-electron chi connectivity index (χ2n) is 11.3. The van der Waals surface area contributed by atoms with Gasteiger partial charge in [-0.1, -0.05) is 60.7 Å². The fraction of sp³-hybridized carbons (Fsp3) is 0.517. The molecule has 1 aliphatic heterocycles. The highest BCUT2D eigenvalue weighted by Crippen LogP contribution is 2.19. The minimum atomic E-state index is -2.62. The Labute approximate surface area is 371 Å². The Kier molecular flexibility index (Phi) is 35.5. The van der Waals surface area contributed by atoms with Crippen molar-refractivity contribution in [2.75, 3.05) is 49.8 Å². The van der Waals surface area contributed by atoms with Gasteiger partial charge >= 0.3 is 37.9 Å². The molecule has 2 aromatic rings. The normalized spacial score (nSPS) is 18.9. The van der Waals surface area contributed by atoms with E-state index in [0.717, 1.165) is 10.4 Å². The molecule has 0 N–H and O–H groups in total. The molecule has 322 valence electrons. The summed E-state index contributed by atoms with van der Waals surface area (Å²) in [5, 5.41) is 2.00. The van der Waals surface area contributed by atoms with Crippen LogP contribution in [0.15, 0.2) is 72.9 Å². The zero-order chi connectivity index (χ0) is 43.5. The van der Waals surface area contributed by atoms with E-state index in [1.165, 1.54) is 0 Å². The van der Waals surface area contributed by atoms with Crippen LogP contribution in [0.5, 0.6) is 0 Å². The zero-order valence-electron chi connectivity index (χ0n) is 34.6. The molecule has 1 aliphatic rings. The van der Waals surface area contributed by atoms with Crippen LogP contribution in [-0.2, 0) is 47.4 Å². The molecule has 0 saturated carbocycles. The third-order valence-electron chi connectivity index (χ3n) is 7.01. The summed E-state index contributed by atoms with van der Waals surface area (Å²) in [6.45, 7) is 19.2. The maximum atomic E-state index is 5.73. The second-order valence-corrected chi connectivity index (χ2v) is 48.2. The van der Waals surface area contributed by atoms with E-state index in [1.807, 2.05) is 106 Å². The zero-order valence-corrected chi connectivity index (χ0v) is 48.8. The number of hydrogen-bond donors (Lipinski definition) is 0. The molecule has 0 amide bonds. The highest BCUT2D eigenvalue weighted by molar-refractivity contribution is 7.69. The van der Waals surface area contributed by atoms with Gasteiger partial charge < -0.3 is 47.4 Å². The maximum absolute atomic E-state index is 5.73. The predicted molar refractivity (Wildman–Crippen MR) is 255 cm³/mol. The number of hydrogen-bond acceptors (Lipinski definition) is 11. The van der Waals surface area contributed by atoms with E-state index in [0.29, 0.717) is 0 Å². The van der Waals surface area contributed by atoms with Gasteiger partial charge in [-0.2, -0.15) is 0 Å². The van der Waals surface area contributed by atoms with Crippen LogP contribution in [-0.4, -0.2) is 125 Å². The number of benzene rings is 2. The van der Waals surface area contributed by atoms with Gasteiger partial charge in [0.2, 0.25) is 0 Å². The van der Waals surface area contributed by atoms with E-state index in [2.05, 4.69) is 6.58 Å². The van der Waals surface area contributed by atoms with E-state index < -0.39 is 75.1 Å². The molecule has 55 heavy (non-hydrogen) atoms. The fourth-order valence-electron chi connectivity index (χ4n) is 3.39. The molecule has 0 aliphatic carbocycles. The van der Waals surface area contributed by atoms with Crippen molar-refractivity contribution in [3.63, 3.8) is 0 Å². The van der Waals surface area contributed by atoms with Crippen LogP contribution in [0.4, 0.5) is 0 Å². The minimum absolute atomic E-state index is 0.833. The number of rotatable bonds is 10. The number of halogens is 6. The van der Waals surface area contributed by atoms with Gasteiger partial charge in [0.1, 0.15) is 0 Å². The van der Waals surface area contributed by atoms with Crippen LogP contribution < -0.4 is 10.4 Å². The lowest BCUT2D eigenvalue weighted by Crippen LogP contribution is -2.49. The van der Waals surface area contributed by atoms with Gasteiger partial charge in [0, 0.05) is 56.3 Å². The highest BCUT2D eigenvalue weighted by atomic mass is 35.8. The molecule has 0 spiro atoms. The average molecular weight is 1050 g/mol. The first kappa shape index (κ1) is 60.7. The first-order valence-corrected chi connectivity index (χ1v) is 42.5. The Bertz CT molecular complexity index is 1170. The minimum Gasteiger partial charge on any atom is -0.420 e. The molecule has 0 aromatic heterocycles. The smallest absolute Gasteiger partial charge is 0.420 e. The highest BCUT2D eigenvalue weighted by Gasteiger charge is 2.31. The molecular weight excluding hydrogens is 990 g/mol. The summed E-state index contributed by atoms with van der Waals surface area (Å²) >= 11 is 32.8. The molecule has 0 radical (unpaired) electrons. The summed E-state index contributed by atoms with van der Waals surface area (Å²) in [5.41, 5.74) is 1.74. The van der Waals surface area contributed by atoms with Gasteiger partial charge in [0.15, 0.2) is 0 Å². The first-order chi connectivity index (χ1) is 25.3. The molecule has 1 heterocycles. The van der Waals surface area contributed by atoms with Gasteiger partial charge in [0.05, 0.1) is 0 Å². The van der Waals surface area contributed by atoms with E-state index in [4.69, 9.17) is 114 Å². The molecule has 0 atom stereocenters. The summed E-state index contributed by atoms with van der Waals surface area (Å²) in [6.07, 6.45) is 0. The third-order valence-corrected chi connectivity index (χ3v) is 29.7. The Morgan fingerprint density at radius 2 is 0.764 bits per heavy atom. The SMILES string of the molecule is C=C[Si](C)(OC)OC.CO[Si](C)(OC)OC.CO[Si](C)(OC)c1ccccc1.C[SiH]1O[SiH](C)O[SiH](C)O[SiH](C)O1.C[Si](Cl)(Cl)Cl.Cl[Si](Cl)(Cl)c1ccccc1. The largest absolute Gasteiger partial charge is 0.496 e. The Morgan fingerprint density at radius 3 is 0.909 bits per heavy atom. The van der Waals surface area contributed by atoms with Crippen LogP contribution in [0.1, 0.15) is 0 Å². The summed E-state index contributed by atoms with van der Waals surface area (Å²) in [5.74, 6) is 0. The Hall–Kier alpha value is 1.43. The molecule has 2 aromatic carbocycles. The van der Waals surface area contributed by atoms with Crippen LogP contribution in [0.25, 0.3) is 0 Å². The molecule has 0 unspecified atom stereocenters. The molecule has 11 nitrogen and oxygen atoms in total. The summed E-state index contributed by atoms with van der Waals surface area (Å²) in [4.78, 5) is 0. The monoisotopic (exact) mass is 1050 g/mol. The molecule has 3 rings (SSSR count). The Balaban J connectivity index is -0.000000602. The molecule has 26 heteroatoms. The maximum Gasteiger partial charge on any atom is 0.496 e. The van der Waals surface area contributed by atoms with E-state index >= 15 is 0 Å². The van der Waals surface area contributed by atoms with Crippen molar-refractivity contribution in [1.82, 2.24) is 0 Å². The van der Waals surface area contributed by atoms with Gasteiger partial charge in [-0.15, -0.1) is 73.1 Å². The third kappa shape index (κ3) is 32.8. The lowest BCUT2D eigenvalue weighted by Gasteiger charge is -2.28. The van der Waals surface area contributed by atoms with Crippen LogP contribution in [0.2, 0.25) is 52.4 Å². The first-order valence-electron chi connectivity index (χ1n) is 16.6. The van der Waals surface area contributed by atoms with Crippen molar-refractivity contribution in [2.24, 2.45) is 0 Å². The van der Waals surface area contributed by atoms with Gasteiger partial charge in [-0.3, -0.25) is 0 Å². The summed E-state index contributed by atoms with van der Waals surface area (Å²) in [7, 11) is -0.401. The fourth-order valence-corrected chi connectivity index (χ4v) is 19.5. The van der Waals surface area contributed by atoms with Crippen molar-refractivity contribution in [2.45, 2.75) is 52.4 Å². The molecule has 0 bridgehead atoms. The van der Waals surface area contributed by atoms with Crippen molar-refractivity contribution in [3.05, 3.63) is 72.9 Å². The molecule has 1 fully saturated rings. The predicted octanol–water partition coefficient (Wildman–Crippen LogP) is 7.12. The standard InChI is InChI=1S/C9H14O2Si.C6H5Cl3Si.C5H12O2Si.C4H16O4Si4.C4H12O3Si.CH3Cl3Si/c1-10-12(3,11-2)9-7-5-4-6-8-9;7-10(8,9)6-4-2-1-3-5-6;1-5-8(4,6-2)7-3;1-9-5-10(2)7-12(4)8-11(3)6-9;1-5-8(4,6-2)7-3;1-5(2,3)4/h4-8H,1-3H3;1-5H;5H,1H2,2-4H3;9-12H,1-4H3;1-4H3;1H3. The Morgan fingerprint density at radius 1 is 0.491 bits per heavy atom. The van der Waals surface area contributed by atoms with Crippen LogP contribution in [0.3, 0.4) is 0 Å². The topological polar surface area (TPSA) is 102 Å². The van der Waals surface area contributed by atoms with Crippen molar-refractivity contribution < 1.29 is 47.4 Å². The van der Waals surface area contributed by atoms with E-state index in [-0.39, 0.29) is 0 Å². The van der Waals surface area contributed by atoms with Crippen molar-refractivity contribution in [1.29, 1.82) is 0 Å². The average Bonchev–Trinajstić information content (AvgIpc) is 3.13. The summed E-state index contributed by atoms with van der Waals surface area (Å²) in [6, 6.07) is 14.6. The lowest BCUT2D eigenvalue weighted by molar-refractivity contribution is 0.132. The lowest BCUT2D eigenvalue weighted by atomic mass is 10.4. The second kappa shape index (κ2) is 32.2. The van der Waals surface area contributed by atoms with Crippen LogP contribution in [0, 0.1) is 0 Å². The molecular formula is C29H62Cl6O11Si9. The molecule has 1 saturated heterocycles. The van der Waals surface area contributed by atoms with Crippen LogP contribution >= 0.6 is 66.5 Å². The van der Waals surface area contributed by atoms with E-state index in [9.17, 15) is 0 Å². The van der Waals surface area contributed by atoms with Gasteiger partial charge in [-0.25, -0.2) is 0 Å². The van der Waals surface area contributed by atoms with E-state index in [1.54, 1.807) is 62.0 Å². The van der Waals surface area contributed by atoms with Crippen molar-refractivity contribution in [3.8, 4) is 0 Å². The van der Waals surface area contributed by atoms with Crippen molar-refractivity contribution >= 4 is 152 Å². The van der Waals surface area contributed by atoms with Gasteiger partial charge in [-0.05, 0) is 61.9 Å².